The molecule has 1 aromatic carbocycles. The van der Waals surface area contributed by atoms with Gasteiger partial charge in [-0.3, -0.25) is 10.1 Å². The van der Waals surface area contributed by atoms with Crippen LogP contribution in [0.1, 0.15) is 12.7 Å². The first-order valence-electron chi connectivity index (χ1n) is 5.63. The predicted octanol–water partition coefficient (Wildman–Crippen LogP) is 2.00. The third kappa shape index (κ3) is 2.46. The van der Waals surface area contributed by atoms with Crippen molar-refractivity contribution < 1.29 is 19.1 Å². The third-order valence-corrected chi connectivity index (χ3v) is 2.73. The summed E-state index contributed by atoms with van der Waals surface area (Å²) in [6.45, 7) is 1.96. The molecule has 0 radical (unpaired) electrons. The van der Waals surface area contributed by atoms with Crippen LogP contribution >= 0.6 is 0 Å². The highest BCUT2D eigenvalue weighted by atomic mass is 16.5. The van der Waals surface area contributed by atoms with E-state index in [1.54, 1.807) is 14.0 Å². The van der Waals surface area contributed by atoms with E-state index in [1.807, 2.05) is 24.3 Å². The first-order valence-corrected chi connectivity index (χ1v) is 5.63. The molecular formula is C13H15NO4. The number of fused-ring (bicyclic) bond motifs is 1. The maximum absolute atomic E-state index is 10.7. The fraction of sp³-hybridized carbons (Fsp3) is 0.308. The van der Waals surface area contributed by atoms with Gasteiger partial charge in [0.1, 0.15) is 11.8 Å². The van der Waals surface area contributed by atoms with Gasteiger partial charge in [0.15, 0.2) is 11.3 Å². The molecule has 0 bridgehead atoms. The molecular weight excluding hydrogens is 234 g/mol. The zero-order chi connectivity index (χ0) is 13.1. The number of furan rings is 1. The number of methoxy groups -OCH3 is 1. The number of hydrogen-bond acceptors (Lipinski definition) is 4. The van der Waals surface area contributed by atoms with Crippen LogP contribution in [0.4, 0.5) is 0 Å². The molecule has 5 heteroatoms. The monoisotopic (exact) mass is 249 g/mol. The van der Waals surface area contributed by atoms with Gasteiger partial charge in [-0.2, -0.15) is 0 Å². The lowest BCUT2D eigenvalue weighted by Gasteiger charge is -2.06. The molecule has 0 amide bonds. The molecule has 0 aliphatic heterocycles. The molecule has 0 unspecified atom stereocenters. The van der Waals surface area contributed by atoms with Gasteiger partial charge in [0, 0.05) is 5.39 Å². The van der Waals surface area contributed by atoms with E-state index in [2.05, 4.69) is 5.32 Å². The van der Waals surface area contributed by atoms with Crippen molar-refractivity contribution in [2.45, 2.75) is 19.5 Å². The molecule has 18 heavy (non-hydrogen) atoms. The van der Waals surface area contributed by atoms with Crippen LogP contribution in [0.5, 0.6) is 5.75 Å². The summed E-state index contributed by atoms with van der Waals surface area (Å²) in [4.78, 5) is 10.7. The number of aliphatic carboxylic acids is 1. The zero-order valence-corrected chi connectivity index (χ0v) is 10.3. The SMILES string of the molecule is COc1cccc2cc(CN[C@@H](C)C(=O)O)oc12. The fourth-order valence-corrected chi connectivity index (χ4v) is 1.68. The van der Waals surface area contributed by atoms with E-state index in [1.165, 1.54) is 0 Å². The van der Waals surface area contributed by atoms with Crippen molar-refractivity contribution >= 4 is 16.9 Å². The number of rotatable bonds is 5. The second-order valence-electron chi connectivity index (χ2n) is 4.03. The van der Waals surface area contributed by atoms with Gasteiger partial charge >= 0.3 is 5.97 Å². The molecule has 0 aliphatic carbocycles. The van der Waals surface area contributed by atoms with Crippen molar-refractivity contribution in [1.82, 2.24) is 5.32 Å². The molecule has 2 N–H and O–H groups in total. The van der Waals surface area contributed by atoms with Crippen molar-refractivity contribution in [1.29, 1.82) is 0 Å². The van der Waals surface area contributed by atoms with Crippen LogP contribution in [0.15, 0.2) is 28.7 Å². The van der Waals surface area contributed by atoms with Gasteiger partial charge in [-0.05, 0) is 19.1 Å². The standard InChI is InChI=1S/C13H15NO4/c1-8(13(15)16)14-7-10-6-9-4-3-5-11(17-2)12(9)18-10/h3-6,8,14H,7H2,1-2H3,(H,15,16)/t8-/m0/s1. The number of benzene rings is 1. The molecule has 96 valence electrons. The Kier molecular flexibility index (Phi) is 3.53. The highest BCUT2D eigenvalue weighted by Gasteiger charge is 2.12. The number of carboxylic acids is 1. The Morgan fingerprint density at radius 2 is 2.33 bits per heavy atom. The predicted molar refractivity (Wildman–Crippen MR) is 66.7 cm³/mol. The minimum atomic E-state index is -0.885. The van der Waals surface area contributed by atoms with Crippen molar-refractivity contribution in [3.05, 3.63) is 30.0 Å². The summed E-state index contributed by atoms with van der Waals surface area (Å²) in [7, 11) is 1.59. The summed E-state index contributed by atoms with van der Waals surface area (Å²) in [6.07, 6.45) is 0. The summed E-state index contributed by atoms with van der Waals surface area (Å²) in [5.41, 5.74) is 0.680. The Morgan fingerprint density at radius 1 is 1.56 bits per heavy atom. The highest BCUT2D eigenvalue weighted by molar-refractivity contribution is 5.83. The minimum Gasteiger partial charge on any atom is -0.493 e. The lowest BCUT2D eigenvalue weighted by atomic mass is 10.2. The number of para-hydroxylation sites is 1. The van der Waals surface area contributed by atoms with Crippen LogP contribution in [0.3, 0.4) is 0 Å². The van der Waals surface area contributed by atoms with Crippen molar-refractivity contribution in [2.75, 3.05) is 7.11 Å². The third-order valence-electron chi connectivity index (χ3n) is 2.73. The largest absolute Gasteiger partial charge is 0.493 e. The normalized spacial score (nSPS) is 12.6. The first kappa shape index (κ1) is 12.4. The van der Waals surface area contributed by atoms with Crippen LogP contribution in [0, 0.1) is 0 Å². The average molecular weight is 249 g/mol. The number of carbonyl (C=O) groups is 1. The summed E-state index contributed by atoms with van der Waals surface area (Å²) in [5.74, 6) is 0.469. The van der Waals surface area contributed by atoms with Gasteiger partial charge in [-0.15, -0.1) is 0 Å². The number of nitrogens with one attached hydrogen (secondary N) is 1. The molecule has 1 aromatic heterocycles. The lowest BCUT2D eigenvalue weighted by molar-refractivity contribution is -0.139. The maximum Gasteiger partial charge on any atom is 0.320 e. The molecule has 0 aliphatic rings. The van der Waals surface area contributed by atoms with E-state index in [0.29, 0.717) is 23.6 Å². The van der Waals surface area contributed by atoms with Crippen molar-refractivity contribution in [3.8, 4) is 5.75 Å². The summed E-state index contributed by atoms with van der Waals surface area (Å²) < 4.78 is 10.8. The van der Waals surface area contributed by atoms with Gasteiger partial charge in [0.2, 0.25) is 0 Å². The zero-order valence-electron chi connectivity index (χ0n) is 10.3. The van der Waals surface area contributed by atoms with Crippen LogP contribution in [-0.4, -0.2) is 24.2 Å². The summed E-state index contributed by atoms with van der Waals surface area (Å²) in [5, 5.41) is 12.6. The van der Waals surface area contributed by atoms with Crippen LogP contribution in [0.25, 0.3) is 11.0 Å². The minimum absolute atomic E-state index is 0.366. The Bertz CT molecular complexity index is 561. The molecule has 5 nitrogen and oxygen atoms in total. The summed E-state index contributed by atoms with van der Waals surface area (Å²) >= 11 is 0. The van der Waals surface area contributed by atoms with Gasteiger partial charge in [0.05, 0.1) is 13.7 Å². The van der Waals surface area contributed by atoms with Gasteiger partial charge in [0.25, 0.3) is 0 Å². The Hall–Kier alpha value is -2.01. The molecule has 2 aromatic rings. The van der Waals surface area contributed by atoms with Gasteiger partial charge in [-0.25, -0.2) is 0 Å². The van der Waals surface area contributed by atoms with Crippen LogP contribution < -0.4 is 10.1 Å². The van der Waals surface area contributed by atoms with Crippen LogP contribution in [-0.2, 0) is 11.3 Å². The molecule has 0 spiro atoms. The topological polar surface area (TPSA) is 71.7 Å². The number of ether oxygens (including phenoxy) is 1. The molecule has 0 fully saturated rings. The Balaban J connectivity index is 2.18. The lowest BCUT2D eigenvalue weighted by Crippen LogP contribution is -2.32. The molecule has 0 saturated heterocycles. The van der Waals surface area contributed by atoms with Crippen molar-refractivity contribution in [2.24, 2.45) is 0 Å². The molecule has 0 saturated carbocycles. The van der Waals surface area contributed by atoms with E-state index in [9.17, 15) is 4.79 Å². The smallest absolute Gasteiger partial charge is 0.320 e. The number of carboxylic acid groups (broad SMARTS) is 1. The Labute approximate surface area is 104 Å². The quantitative estimate of drug-likeness (QED) is 0.848. The van der Waals surface area contributed by atoms with E-state index >= 15 is 0 Å². The maximum atomic E-state index is 10.7. The molecule has 1 heterocycles. The second kappa shape index (κ2) is 5.10. The highest BCUT2D eigenvalue weighted by Crippen LogP contribution is 2.28. The van der Waals surface area contributed by atoms with Gasteiger partial charge in [-0.1, -0.05) is 12.1 Å². The fourth-order valence-electron chi connectivity index (χ4n) is 1.68. The first-order chi connectivity index (χ1) is 8.61. The Morgan fingerprint density at radius 3 is 3.00 bits per heavy atom. The second-order valence-corrected chi connectivity index (χ2v) is 4.03. The van der Waals surface area contributed by atoms with E-state index < -0.39 is 12.0 Å². The summed E-state index contributed by atoms with van der Waals surface area (Å²) in [6, 6.07) is 6.89. The molecule has 1 atom stereocenters. The van der Waals surface area contributed by atoms with Gasteiger partial charge < -0.3 is 14.3 Å². The average Bonchev–Trinajstić information content (AvgIpc) is 2.78. The van der Waals surface area contributed by atoms with Crippen molar-refractivity contribution in [3.63, 3.8) is 0 Å². The molecule has 2 rings (SSSR count). The number of hydrogen-bond donors (Lipinski definition) is 2. The van der Waals surface area contributed by atoms with E-state index in [4.69, 9.17) is 14.3 Å². The van der Waals surface area contributed by atoms with E-state index in [0.717, 1.165) is 5.39 Å². The van der Waals surface area contributed by atoms with E-state index in [-0.39, 0.29) is 0 Å². The van der Waals surface area contributed by atoms with Crippen LogP contribution in [0.2, 0.25) is 0 Å².